The molecular formula is C18H16FNO2. The quantitative estimate of drug-likeness (QED) is 0.667. The summed E-state index contributed by atoms with van der Waals surface area (Å²) in [6.07, 6.45) is 0.881. The average Bonchev–Trinajstić information content (AvgIpc) is 2.81. The van der Waals surface area contributed by atoms with Crippen LogP contribution in [-0.2, 0) is 6.54 Å². The van der Waals surface area contributed by atoms with Crippen LogP contribution in [0.4, 0.5) is 4.39 Å². The van der Waals surface area contributed by atoms with Crippen molar-refractivity contribution < 1.29 is 13.9 Å². The lowest BCUT2D eigenvalue weighted by molar-refractivity contribution is 0.112. The summed E-state index contributed by atoms with van der Waals surface area (Å²) in [6.45, 7) is 2.79. The van der Waals surface area contributed by atoms with Crippen LogP contribution >= 0.6 is 0 Å². The van der Waals surface area contributed by atoms with Crippen LogP contribution in [0, 0.1) is 12.7 Å². The second-order valence-corrected chi connectivity index (χ2v) is 5.06. The highest BCUT2D eigenvalue weighted by atomic mass is 19.1. The maximum atomic E-state index is 13.5. The third kappa shape index (κ3) is 2.48. The third-order valence-electron chi connectivity index (χ3n) is 3.81. The summed E-state index contributed by atoms with van der Waals surface area (Å²) in [6, 6.07) is 14.1. The zero-order valence-corrected chi connectivity index (χ0v) is 12.3. The summed E-state index contributed by atoms with van der Waals surface area (Å²) in [5.74, 6) is -0.127. The third-order valence-corrected chi connectivity index (χ3v) is 3.81. The minimum atomic E-state index is -0.370. The molecule has 0 radical (unpaired) electrons. The van der Waals surface area contributed by atoms with Gasteiger partial charge in [-0.25, -0.2) is 4.39 Å². The van der Waals surface area contributed by atoms with Crippen LogP contribution < -0.4 is 4.74 Å². The fourth-order valence-corrected chi connectivity index (χ4v) is 2.70. The standard InChI is InChI=1S/C18H16FNO2/c1-13-15(12-21)14-6-2-4-8-17(14)20(13)10-11-22-18-9-5-3-7-16(18)19/h2-9,12H,10-11H2,1H3. The average molecular weight is 297 g/mol. The number of carbonyl (C=O) groups is 1. The Hall–Kier alpha value is -2.62. The zero-order chi connectivity index (χ0) is 15.5. The van der Waals surface area contributed by atoms with Crippen LogP contribution in [0.5, 0.6) is 5.75 Å². The van der Waals surface area contributed by atoms with Gasteiger partial charge in [0.05, 0.1) is 6.54 Å². The SMILES string of the molecule is Cc1c(C=O)c2ccccc2n1CCOc1ccccc1F. The van der Waals surface area contributed by atoms with E-state index in [1.165, 1.54) is 6.07 Å². The molecule has 112 valence electrons. The monoisotopic (exact) mass is 297 g/mol. The van der Waals surface area contributed by atoms with Gasteiger partial charge >= 0.3 is 0 Å². The van der Waals surface area contributed by atoms with Gasteiger partial charge < -0.3 is 9.30 Å². The summed E-state index contributed by atoms with van der Waals surface area (Å²) in [4.78, 5) is 11.3. The molecule has 0 saturated heterocycles. The Bertz CT molecular complexity index is 823. The number of hydrogen-bond donors (Lipinski definition) is 0. The number of benzene rings is 2. The molecule has 0 saturated carbocycles. The first-order valence-electron chi connectivity index (χ1n) is 7.12. The zero-order valence-electron chi connectivity index (χ0n) is 12.3. The predicted molar refractivity (Wildman–Crippen MR) is 84.0 cm³/mol. The Balaban J connectivity index is 1.84. The lowest BCUT2D eigenvalue weighted by Gasteiger charge is -2.10. The molecule has 4 heteroatoms. The van der Waals surface area contributed by atoms with Crippen molar-refractivity contribution >= 4 is 17.2 Å². The van der Waals surface area contributed by atoms with Gasteiger partial charge in [-0.05, 0) is 25.1 Å². The smallest absolute Gasteiger partial charge is 0.165 e. The van der Waals surface area contributed by atoms with Gasteiger partial charge in [0.15, 0.2) is 17.9 Å². The summed E-state index contributed by atoms with van der Waals surface area (Å²) >= 11 is 0. The van der Waals surface area contributed by atoms with Crippen molar-refractivity contribution in [3.63, 3.8) is 0 Å². The van der Waals surface area contributed by atoms with E-state index in [0.29, 0.717) is 18.7 Å². The number of aromatic nitrogens is 1. The molecule has 3 rings (SSSR count). The van der Waals surface area contributed by atoms with Crippen LogP contribution in [-0.4, -0.2) is 17.5 Å². The molecule has 3 aromatic rings. The van der Waals surface area contributed by atoms with E-state index in [1.807, 2.05) is 35.8 Å². The van der Waals surface area contributed by atoms with E-state index in [-0.39, 0.29) is 11.6 Å². The van der Waals surface area contributed by atoms with Crippen molar-refractivity contribution in [2.24, 2.45) is 0 Å². The van der Waals surface area contributed by atoms with E-state index < -0.39 is 0 Å². The van der Waals surface area contributed by atoms with Crippen molar-refractivity contribution in [1.29, 1.82) is 0 Å². The molecule has 3 nitrogen and oxygen atoms in total. The molecule has 0 bridgehead atoms. The molecule has 0 atom stereocenters. The van der Waals surface area contributed by atoms with Gasteiger partial charge in [-0.3, -0.25) is 4.79 Å². The number of halogens is 1. The maximum absolute atomic E-state index is 13.5. The molecule has 1 heterocycles. The minimum Gasteiger partial charge on any atom is -0.489 e. The summed E-state index contributed by atoms with van der Waals surface area (Å²) < 4.78 is 21.1. The van der Waals surface area contributed by atoms with Gasteiger partial charge in [0.25, 0.3) is 0 Å². The number of nitrogens with zero attached hydrogens (tertiary/aromatic N) is 1. The largest absolute Gasteiger partial charge is 0.489 e. The van der Waals surface area contributed by atoms with Gasteiger partial charge in [0, 0.05) is 22.2 Å². The van der Waals surface area contributed by atoms with Crippen LogP contribution in [0.25, 0.3) is 10.9 Å². The van der Waals surface area contributed by atoms with Crippen molar-refractivity contribution in [3.05, 3.63) is 65.6 Å². The van der Waals surface area contributed by atoms with Crippen molar-refractivity contribution in [2.75, 3.05) is 6.61 Å². The van der Waals surface area contributed by atoms with Crippen LogP contribution in [0.2, 0.25) is 0 Å². The van der Waals surface area contributed by atoms with E-state index in [1.54, 1.807) is 18.2 Å². The first-order valence-corrected chi connectivity index (χ1v) is 7.12. The maximum Gasteiger partial charge on any atom is 0.165 e. The fraction of sp³-hybridized carbons (Fsp3) is 0.167. The van der Waals surface area contributed by atoms with Gasteiger partial charge in [-0.1, -0.05) is 30.3 Å². The molecule has 0 fully saturated rings. The normalized spacial score (nSPS) is 10.8. The van der Waals surface area contributed by atoms with Crippen LogP contribution in [0.3, 0.4) is 0 Å². The van der Waals surface area contributed by atoms with Gasteiger partial charge in [-0.15, -0.1) is 0 Å². The predicted octanol–water partition coefficient (Wildman–Crippen LogP) is 3.98. The number of para-hydroxylation sites is 2. The van der Waals surface area contributed by atoms with Gasteiger partial charge in [-0.2, -0.15) is 0 Å². The molecule has 22 heavy (non-hydrogen) atoms. The molecule has 0 aliphatic rings. The highest BCUT2D eigenvalue weighted by Gasteiger charge is 2.13. The molecule has 0 unspecified atom stereocenters. The Morgan fingerprint density at radius 2 is 1.86 bits per heavy atom. The van der Waals surface area contributed by atoms with Crippen molar-refractivity contribution in [3.8, 4) is 5.75 Å². The highest BCUT2D eigenvalue weighted by molar-refractivity contribution is 5.99. The Labute approximate surface area is 127 Å². The first-order chi connectivity index (χ1) is 10.7. The number of carbonyl (C=O) groups excluding carboxylic acids is 1. The van der Waals surface area contributed by atoms with E-state index in [9.17, 15) is 9.18 Å². The Morgan fingerprint density at radius 3 is 2.64 bits per heavy atom. The number of aldehydes is 1. The number of hydrogen-bond acceptors (Lipinski definition) is 2. The summed E-state index contributed by atoms with van der Waals surface area (Å²) in [5.41, 5.74) is 2.58. The van der Waals surface area contributed by atoms with E-state index in [0.717, 1.165) is 22.9 Å². The molecule has 0 aliphatic heterocycles. The lowest BCUT2D eigenvalue weighted by Crippen LogP contribution is -2.10. The topological polar surface area (TPSA) is 31.2 Å². The first kappa shape index (κ1) is 14.3. The van der Waals surface area contributed by atoms with Crippen molar-refractivity contribution in [1.82, 2.24) is 4.57 Å². The Kier molecular flexibility index (Phi) is 3.92. The molecule has 0 N–H and O–H groups in total. The summed E-state index contributed by atoms with van der Waals surface area (Å²) in [7, 11) is 0. The minimum absolute atomic E-state index is 0.243. The van der Waals surface area contributed by atoms with Crippen LogP contribution in [0.15, 0.2) is 48.5 Å². The number of ether oxygens (including phenoxy) is 1. The molecule has 0 aliphatic carbocycles. The van der Waals surface area contributed by atoms with E-state index in [2.05, 4.69) is 0 Å². The van der Waals surface area contributed by atoms with Gasteiger partial charge in [0.2, 0.25) is 0 Å². The van der Waals surface area contributed by atoms with Crippen LogP contribution in [0.1, 0.15) is 16.1 Å². The highest BCUT2D eigenvalue weighted by Crippen LogP contribution is 2.24. The van der Waals surface area contributed by atoms with Crippen molar-refractivity contribution in [2.45, 2.75) is 13.5 Å². The molecule has 1 aromatic heterocycles. The van der Waals surface area contributed by atoms with E-state index in [4.69, 9.17) is 4.74 Å². The number of fused-ring (bicyclic) bond motifs is 1. The second-order valence-electron chi connectivity index (χ2n) is 5.06. The Morgan fingerprint density at radius 1 is 1.14 bits per heavy atom. The van der Waals surface area contributed by atoms with E-state index >= 15 is 0 Å². The summed E-state index contributed by atoms with van der Waals surface area (Å²) in [5, 5.41) is 0.931. The molecule has 0 amide bonds. The molecule has 0 spiro atoms. The molecule has 2 aromatic carbocycles. The number of rotatable bonds is 5. The fourth-order valence-electron chi connectivity index (χ4n) is 2.70. The lowest BCUT2D eigenvalue weighted by atomic mass is 10.1. The molecular weight excluding hydrogens is 281 g/mol. The second kappa shape index (κ2) is 6.02. The van der Waals surface area contributed by atoms with Gasteiger partial charge in [0.1, 0.15) is 6.61 Å².